The Bertz CT molecular complexity index is 596. The van der Waals surface area contributed by atoms with Gasteiger partial charge in [-0.15, -0.1) is 0 Å². The molecule has 2 rings (SSSR count). The number of hydrogen-bond donors (Lipinski definition) is 1. The molecule has 0 aromatic heterocycles. The van der Waals surface area contributed by atoms with Crippen LogP contribution in [0, 0.1) is 9.39 Å². The van der Waals surface area contributed by atoms with Crippen molar-refractivity contribution in [2.45, 2.75) is 6.61 Å². The lowest BCUT2D eigenvalue weighted by Gasteiger charge is -2.09. The third kappa shape index (κ3) is 3.66. The van der Waals surface area contributed by atoms with E-state index < -0.39 is 11.8 Å². The molecule has 0 saturated heterocycles. The number of halogens is 2. The van der Waals surface area contributed by atoms with E-state index in [1.165, 1.54) is 12.1 Å². The summed E-state index contributed by atoms with van der Waals surface area (Å²) in [5, 5.41) is 9.00. The predicted molar refractivity (Wildman–Crippen MR) is 76.9 cm³/mol. The van der Waals surface area contributed by atoms with Crippen LogP contribution in [0.25, 0.3) is 0 Å². The van der Waals surface area contributed by atoms with Gasteiger partial charge in [-0.1, -0.05) is 6.07 Å². The quantitative estimate of drug-likeness (QED) is 0.833. The van der Waals surface area contributed by atoms with E-state index in [2.05, 4.69) is 22.6 Å². The Morgan fingerprint density at radius 3 is 2.53 bits per heavy atom. The summed E-state index contributed by atoms with van der Waals surface area (Å²) >= 11 is 2.18. The van der Waals surface area contributed by atoms with Crippen molar-refractivity contribution in [2.24, 2.45) is 0 Å². The molecule has 2 aromatic carbocycles. The van der Waals surface area contributed by atoms with Crippen molar-refractivity contribution in [3.05, 3.63) is 63.0 Å². The zero-order chi connectivity index (χ0) is 13.8. The molecule has 0 radical (unpaired) electrons. The molecule has 0 aliphatic rings. The summed E-state index contributed by atoms with van der Waals surface area (Å²) in [4.78, 5) is 11.0. The molecule has 0 unspecified atom stereocenters. The fraction of sp³-hybridized carbons (Fsp3) is 0.0714. The van der Waals surface area contributed by atoms with Gasteiger partial charge in [-0.25, -0.2) is 9.18 Å². The van der Waals surface area contributed by atoms with Gasteiger partial charge in [0.25, 0.3) is 0 Å². The van der Waals surface area contributed by atoms with Crippen LogP contribution in [0.5, 0.6) is 5.75 Å². The van der Waals surface area contributed by atoms with Gasteiger partial charge in [0.2, 0.25) is 0 Å². The first-order valence-corrected chi connectivity index (χ1v) is 6.54. The van der Waals surface area contributed by atoms with Gasteiger partial charge in [0.05, 0.1) is 5.56 Å². The van der Waals surface area contributed by atoms with E-state index >= 15 is 0 Å². The van der Waals surface area contributed by atoms with Crippen molar-refractivity contribution >= 4 is 28.6 Å². The summed E-state index contributed by atoms with van der Waals surface area (Å²) in [6, 6.07) is 11.0. The Hall–Kier alpha value is -1.63. The summed E-state index contributed by atoms with van der Waals surface area (Å²) in [6.07, 6.45) is 0. The van der Waals surface area contributed by atoms with Crippen LogP contribution in [0.3, 0.4) is 0 Å². The molecule has 19 heavy (non-hydrogen) atoms. The highest BCUT2D eigenvalue weighted by Gasteiger charge is 2.11. The smallest absolute Gasteiger partial charge is 0.336 e. The third-order valence-corrected chi connectivity index (χ3v) is 3.23. The van der Waals surface area contributed by atoms with Gasteiger partial charge in [0, 0.05) is 9.13 Å². The Labute approximate surface area is 123 Å². The van der Waals surface area contributed by atoms with E-state index in [0.29, 0.717) is 11.3 Å². The standard InChI is InChI=1S/C14H10FIO3/c15-10-2-1-9(13(7-10)14(17)18)8-19-12-5-3-11(16)4-6-12/h1-7H,8H2,(H,17,18). The molecule has 3 nitrogen and oxygen atoms in total. The van der Waals surface area contributed by atoms with Gasteiger partial charge >= 0.3 is 5.97 Å². The van der Waals surface area contributed by atoms with Crippen LogP contribution in [-0.4, -0.2) is 11.1 Å². The van der Waals surface area contributed by atoms with Gasteiger partial charge in [-0.05, 0) is 59.0 Å². The van der Waals surface area contributed by atoms with Crippen LogP contribution in [-0.2, 0) is 6.61 Å². The fourth-order valence-electron chi connectivity index (χ4n) is 1.57. The third-order valence-electron chi connectivity index (χ3n) is 2.51. The van der Waals surface area contributed by atoms with Crippen molar-refractivity contribution in [3.63, 3.8) is 0 Å². The molecule has 2 aromatic rings. The zero-order valence-corrected chi connectivity index (χ0v) is 11.9. The molecule has 0 heterocycles. The van der Waals surface area contributed by atoms with Crippen LogP contribution >= 0.6 is 22.6 Å². The van der Waals surface area contributed by atoms with E-state index in [9.17, 15) is 9.18 Å². The minimum absolute atomic E-state index is 0.0782. The maximum absolute atomic E-state index is 13.0. The second-order valence-electron chi connectivity index (χ2n) is 3.85. The highest BCUT2D eigenvalue weighted by molar-refractivity contribution is 14.1. The summed E-state index contributed by atoms with van der Waals surface area (Å²) < 4.78 is 19.6. The highest BCUT2D eigenvalue weighted by Crippen LogP contribution is 2.17. The lowest BCUT2D eigenvalue weighted by molar-refractivity contribution is 0.0693. The van der Waals surface area contributed by atoms with Crippen molar-refractivity contribution < 1.29 is 19.0 Å². The summed E-state index contributed by atoms with van der Waals surface area (Å²) in [5.41, 5.74) is 0.359. The van der Waals surface area contributed by atoms with Crippen LogP contribution in [0.2, 0.25) is 0 Å². The van der Waals surface area contributed by atoms with Gasteiger partial charge in [0.1, 0.15) is 18.2 Å². The topological polar surface area (TPSA) is 46.5 Å². The molecule has 0 spiro atoms. The van der Waals surface area contributed by atoms with Crippen LogP contribution in [0.1, 0.15) is 15.9 Å². The number of hydrogen-bond acceptors (Lipinski definition) is 2. The normalized spacial score (nSPS) is 10.2. The van der Waals surface area contributed by atoms with Crippen LogP contribution in [0.15, 0.2) is 42.5 Å². The molecule has 0 bridgehead atoms. The largest absolute Gasteiger partial charge is 0.489 e. The fourth-order valence-corrected chi connectivity index (χ4v) is 1.93. The van der Waals surface area contributed by atoms with E-state index in [4.69, 9.17) is 9.84 Å². The minimum Gasteiger partial charge on any atom is -0.489 e. The zero-order valence-electron chi connectivity index (χ0n) is 9.77. The molecule has 0 saturated carbocycles. The first-order chi connectivity index (χ1) is 9.06. The van der Waals surface area contributed by atoms with E-state index in [0.717, 1.165) is 9.64 Å². The van der Waals surface area contributed by atoms with E-state index in [-0.39, 0.29) is 12.2 Å². The predicted octanol–water partition coefficient (Wildman–Crippen LogP) is 3.71. The van der Waals surface area contributed by atoms with E-state index in [1.54, 1.807) is 12.1 Å². The maximum atomic E-state index is 13.0. The number of ether oxygens (including phenoxy) is 1. The molecule has 0 aliphatic carbocycles. The van der Waals surface area contributed by atoms with Gasteiger partial charge in [-0.2, -0.15) is 0 Å². The monoisotopic (exact) mass is 372 g/mol. The number of benzene rings is 2. The number of rotatable bonds is 4. The maximum Gasteiger partial charge on any atom is 0.336 e. The Kier molecular flexibility index (Phi) is 4.36. The molecule has 0 fully saturated rings. The molecule has 0 atom stereocenters. The molecule has 0 aliphatic heterocycles. The van der Waals surface area contributed by atoms with Crippen LogP contribution < -0.4 is 4.74 Å². The summed E-state index contributed by atoms with van der Waals surface area (Å²) in [6.45, 7) is 0.0858. The Balaban J connectivity index is 2.15. The molecular weight excluding hydrogens is 362 g/mol. The first-order valence-electron chi connectivity index (χ1n) is 5.46. The van der Waals surface area contributed by atoms with Crippen molar-refractivity contribution in [2.75, 3.05) is 0 Å². The van der Waals surface area contributed by atoms with Crippen molar-refractivity contribution in [1.82, 2.24) is 0 Å². The summed E-state index contributed by atoms with van der Waals surface area (Å²) in [7, 11) is 0. The number of carboxylic acid groups (broad SMARTS) is 1. The van der Waals surface area contributed by atoms with Crippen LogP contribution in [0.4, 0.5) is 4.39 Å². The Morgan fingerprint density at radius 1 is 1.21 bits per heavy atom. The average Bonchev–Trinajstić information content (AvgIpc) is 2.39. The SMILES string of the molecule is O=C(O)c1cc(F)ccc1COc1ccc(I)cc1. The van der Waals surface area contributed by atoms with Crippen molar-refractivity contribution in [1.29, 1.82) is 0 Å². The number of carboxylic acids is 1. The van der Waals surface area contributed by atoms with Gasteiger partial charge in [0.15, 0.2) is 0 Å². The molecule has 5 heteroatoms. The molecule has 0 amide bonds. The van der Waals surface area contributed by atoms with Gasteiger partial charge < -0.3 is 9.84 Å². The average molecular weight is 372 g/mol. The minimum atomic E-state index is -1.17. The van der Waals surface area contributed by atoms with Gasteiger partial charge in [-0.3, -0.25) is 0 Å². The highest BCUT2D eigenvalue weighted by atomic mass is 127. The lowest BCUT2D eigenvalue weighted by Crippen LogP contribution is -2.06. The molecular formula is C14H10FIO3. The summed E-state index contributed by atoms with van der Waals surface area (Å²) in [5.74, 6) is -1.10. The number of aromatic carboxylic acids is 1. The van der Waals surface area contributed by atoms with Crippen molar-refractivity contribution in [3.8, 4) is 5.75 Å². The second-order valence-corrected chi connectivity index (χ2v) is 5.09. The lowest BCUT2D eigenvalue weighted by atomic mass is 10.1. The molecule has 98 valence electrons. The number of carbonyl (C=O) groups is 1. The first kappa shape index (κ1) is 13.8. The van der Waals surface area contributed by atoms with E-state index in [1.807, 2.05) is 12.1 Å². The molecule has 1 N–H and O–H groups in total. The second kappa shape index (κ2) is 6.01. The Morgan fingerprint density at radius 2 is 1.89 bits per heavy atom.